The van der Waals surface area contributed by atoms with E-state index >= 15 is 0 Å². The zero-order valence-corrected chi connectivity index (χ0v) is 22.2. The Morgan fingerprint density at radius 3 is 1.70 bits per heavy atom. The molecule has 0 amide bonds. The Labute approximate surface area is 192 Å². The van der Waals surface area contributed by atoms with E-state index < -0.39 is 69.3 Å². The van der Waals surface area contributed by atoms with Crippen molar-refractivity contribution in [1.82, 2.24) is 0 Å². The second-order valence-corrected chi connectivity index (χ2v) is 16.1. The molecule has 0 heterocycles. The van der Waals surface area contributed by atoms with Gasteiger partial charge in [-0.2, -0.15) is 0 Å². The molecule has 0 radical (unpaired) electrons. The van der Waals surface area contributed by atoms with Crippen LogP contribution in [-0.4, -0.2) is 20.4 Å². The minimum absolute atomic E-state index is 0.0302. The first-order valence-corrected chi connectivity index (χ1v) is 18.0. The Hall–Kier alpha value is -0.630. The number of nitrogens with zero attached hydrogens (tertiary/aromatic N) is 1. The first kappa shape index (κ1) is 27.4. The fraction of sp³-hybridized carbons (Fsp3) is 0.368. The number of rotatable bonds is 3. The van der Waals surface area contributed by atoms with Crippen molar-refractivity contribution in [2.24, 2.45) is 0 Å². The van der Waals surface area contributed by atoms with Crippen LogP contribution in [0.15, 0.2) is 18.2 Å². The van der Waals surface area contributed by atoms with Gasteiger partial charge in [-0.15, -0.1) is 0 Å². The average molecular weight is 566 g/mol. The Morgan fingerprint density at radius 2 is 1.30 bits per heavy atom. The molecule has 0 bridgehead atoms. The molecule has 30 heavy (non-hydrogen) atoms. The summed E-state index contributed by atoms with van der Waals surface area (Å²) in [5.74, 6) is -9.99. The summed E-state index contributed by atoms with van der Waals surface area (Å²) in [6.45, 7) is 9.01. The first-order valence-electron chi connectivity index (χ1n) is 8.68. The summed E-state index contributed by atoms with van der Waals surface area (Å²) < 4.78 is 70.2. The van der Waals surface area contributed by atoms with Crippen molar-refractivity contribution in [3.05, 3.63) is 52.8 Å². The molecule has 11 heteroatoms. The van der Waals surface area contributed by atoms with Gasteiger partial charge in [0.2, 0.25) is 5.82 Å². The van der Waals surface area contributed by atoms with Gasteiger partial charge in [0.05, 0.1) is 0 Å². The van der Waals surface area contributed by atoms with E-state index in [0.717, 1.165) is 4.57 Å². The minimum atomic E-state index is -3.06. The van der Waals surface area contributed by atoms with Crippen LogP contribution < -0.4 is 9.75 Å². The Balaban J connectivity index is 0.00000141. The van der Waals surface area contributed by atoms with Crippen LogP contribution in [-0.2, 0) is 26.3 Å². The van der Waals surface area contributed by atoms with Crippen molar-refractivity contribution in [2.75, 3.05) is 11.6 Å². The van der Waals surface area contributed by atoms with Crippen LogP contribution in [0.4, 0.5) is 27.6 Å². The number of phenolic OH excluding ortho intramolecular Hbond substituents is 1. The van der Waals surface area contributed by atoms with Gasteiger partial charge < -0.3 is 9.67 Å². The molecule has 0 aliphatic heterocycles. The van der Waals surface area contributed by atoms with Crippen LogP contribution in [0.5, 0.6) is 5.75 Å². The summed E-state index contributed by atoms with van der Waals surface area (Å²) in [5.41, 5.74) is -0.761. The summed E-state index contributed by atoms with van der Waals surface area (Å²) in [5, 5.41) is 11.2. The second-order valence-electron chi connectivity index (χ2n) is 8.06. The van der Waals surface area contributed by atoms with Crippen LogP contribution in [0.3, 0.4) is 0 Å². The third-order valence-corrected chi connectivity index (χ3v) is 8.49. The molecule has 2 aromatic rings. The number of benzene rings is 2. The molecule has 0 aliphatic carbocycles. The van der Waals surface area contributed by atoms with Gasteiger partial charge in [-0.3, -0.25) is 0 Å². The van der Waals surface area contributed by atoms with Gasteiger partial charge in [0, 0.05) is 5.19 Å². The third-order valence-electron chi connectivity index (χ3n) is 4.86. The molecule has 0 aliphatic rings. The topological polar surface area (TPSA) is 23.5 Å². The molecule has 0 atom stereocenters. The zero-order chi connectivity index (χ0) is 23.6. The number of halogens is 7. The third kappa shape index (κ3) is 5.40. The van der Waals surface area contributed by atoms with E-state index in [9.17, 15) is 27.1 Å². The fourth-order valence-corrected chi connectivity index (χ4v) is 5.33. The Morgan fingerprint density at radius 1 is 0.900 bits per heavy atom. The molecule has 166 valence electrons. The van der Waals surface area contributed by atoms with Crippen LogP contribution in [0.2, 0.25) is 13.1 Å². The van der Waals surface area contributed by atoms with E-state index in [4.69, 9.17) is 17.0 Å². The number of anilines is 1. The van der Waals surface area contributed by atoms with Crippen molar-refractivity contribution in [2.45, 2.75) is 39.3 Å². The average Bonchev–Trinajstić information content (AvgIpc) is 2.64. The number of para-hydroxylation sites is 1. The van der Waals surface area contributed by atoms with Gasteiger partial charge >= 0.3 is 37.9 Å². The normalized spacial score (nSPS) is 11.6. The molecule has 1 N–H and O–H groups in total. The zero-order valence-electron chi connectivity index (χ0n) is 17.3. The van der Waals surface area contributed by atoms with Crippen molar-refractivity contribution in [1.29, 1.82) is 0 Å². The molecule has 2 rings (SSSR count). The van der Waals surface area contributed by atoms with Gasteiger partial charge in [-0.1, -0.05) is 39.0 Å². The summed E-state index contributed by atoms with van der Waals surface area (Å²) in [4.78, 5) is 0. The van der Waals surface area contributed by atoms with E-state index in [2.05, 4.69) is 0 Å². The molecule has 2 aromatic carbocycles. The quantitative estimate of drug-likeness (QED) is 0.204. The predicted octanol–water partition coefficient (Wildman–Crippen LogP) is 6.31. The van der Waals surface area contributed by atoms with E-state index in [1.165, 1.54) is 7.05 Å². The van der Waals surface area contributed by atoms with Crippen molar-refractivity contribution in [3.63, 3.8) is 0 Å². The maximum atomic E-state index is 14.3. The van der Waals surface area contributed by atoms with Crippen LogP contribution in [0.1, 0.15) is 26.3 Å². The molecule has 2 nitrogen and oxygen atoms in total. The van der Waals surface area contributed by atoms with Crippen LogP contribution in [0.25, 0.3) is 0 Å². The predicted molar refractivity (Wildman–Crippen MR) is 110 cm³/mol. The molecule has 0 saturated carbocycles. The number of hydrogen-bond acceptors (Lipinski definition) is 2. The Kier molecular flexibility index (Phi) is 9.43. The number of aromatic hydroxyl groups is 1. The van der Waals surface area contributed by atoms with E-state index in [0.29, 0.717) is 10.8 Å². The van der Waals surface area contributed by atoms with Crippen molar-refractivity contribution in [3.8, 4) is 5.75 Å². The second kappa shape index (κ2) is 10.3. The molecule has 0 aromatic heterocycles. The maximum absolute atomic E-state index is 14.3. The first-order chi connectivity index (χ1) is 13.6. The molecule has 0 spiro atoms. The van der Waals surface area contributed by atoms with Gasteiger partial charge in [0.1, 0.15) is 11.4 Å². The Bertz CT molecular complexity index is 896. The SMILES string of the molecule is CN(c1c(F)c(F)c(F)c(F)c1F)[Si](C)(C)c1cccc(C(C)(C)C)c1O.[Cl][Zr][Cl]. The van der Waals surface area contributed by atoms with E-state index in [1.807, 2.05) is 20.8 Å². The standard InChI is InChI=1S/C19H22F5NOSi.2ClH.Zr/c1-19(2,3)10-8-7-9-11(18(10)26)27(5,6)25(4)17-15(23)13(21)12(20)14(22)16(17)24;;;/h7-9,26H,1-6H3;2*1H;/q;;;+2/p-2. The van der Waals surface area contributed by atoms with Crippen LogP contribution in [0, 0.1) is 29.1 Å². The number of hydrogen-bond donors (Lipinski definition) is 1. The summed E-state index contributed by atoms with van der Waals surface area (Å²) in [7, 11) is 8.08. The van der Waals surface area contributed by atoms with Crippen molar-refractivity contribution < 1.29 is 47.9 Å². The van der Waals surface area contributed by atoms with Crippen LogP contribution >= 0.6 is 17.0 Å². The summed E-state index contributed by atoms with van der Waals surface area (Å²) >= 11 is -0.826. The van der Waals surface area contributed by atoms with Crippen molar-refractivity contribution >= 4 is 36.1 Å². The summed E-state index contributed by atoms with van der Waals surface area (Å²) in [6.07, 6.45) is 0. The van der Waals surface area contributed by atoms with Gasteiger partial charge in [0.15, 0.2) is 31.5 Å². The molecule has 0 saturated heterocycles. The molecule has 0 unspecified atom stereocenters. The van der Waals surface area contributed by atoms with E-state index in [1.54, 1.807) is 31.3 Å². The van der Waals surface area contributed by atoms with E-state index in [-0.39, 0.29) is 5.75 Å². The summed E-state index contributed by atoms with van der Waals surface area (Å²) in [6, 6.07) is 5.05. The van der Waals surface area contributed by atoms with Gasteiger partial charge in [-0.05, 0) is 31.1 Å². The molecular formula is C19H22Cl2F5NOSiZr. The van der Waals surface area contributed by atoms with Gasteiger partial charge in [-0.25, -0.2) is 22.0 Å². The number of phenols is 1. The monoisotopic (exact) mass is 563 g/mol. The fourth-order valence-electron chi connectivity index (χ4n) is 2.99. The molecular weight excluding hydrogens is 543 g/mol. The van der Waals surface area contributed by atoms with Gasteiger partial charge in [0.25, 0.3) is 0 Å². The molecule has 0 fully saturated rings.